The van der Waals surface area contributed by atoms with Crippen LogP contribution in [0.15, 0.2) is 115 Å². The molecule has 3 heterocycles. The second-order valence-electron chi connectivity index (χ2n) is 10.6. The van der Waals surface area contributed by atoms with E-state index in [1.807, 2.05) is 11.3 Å². The van der Waals surface area contributed by atoms with Crippen molar-refractivity contribution in [3.05, 3.63) is 126 Å². The zero-order valence-electron chi connectivity index (χ0n) is 21.2. The van der Waals surface area contributed by atoms with Gasteiger partial charge < -0.3 is 4.57 Å². The molecule has 8 rings (SSSR count). The predicted molar refractivity (Wildman–Crippen MR) is 165 cm³/mol. The van der Waals surface area contributed by atoms with Crippen molar-refractivity contribution in [3.8, 4) is 37.0 Å². The molecule has 1 nitrogen and oxygen atoms in total. The number of benzene rings is 4. The fraction of sp³-hybridized carbons (Fsp3) is 0.0857. The van der Waals surface area contributed by atoms with Crippen molar-refractivity contribution < 1.29 is 0 Å². The lowest BCUT2D eigenvalue weighted by Gasteiger charge is -2.22. The first-order chi connectivity index (χ1) is 18.6. The zero-order chi connectivity index (χ0) is 25.4. The molecule has 4 aromatic carbocycles. The summed E-state index contributed by atoms with van der Waals surface area (Å²) in [6.07, 6.45) is 0. The number of nitrogens with zero attached hydrogens (tertiary/aromatic N) is 1. The van der Waals surface area contributed by atoms with Gasteiger partial charge in [-0.2, -0.15) is 0 Å². The molecule has 7 aromatic rings. The van der Waals surface area contributed by atoms with Gasteiger partial charge in [0.15, 0.2) is 0 Å². The quantitative estimate of drug-likeness (QED) is 0.217. The molecule has 38 heavy (non-hydrogen) atoms. The second kappa shape index (κ2) is 8.04. The molecule has 1 aliphatic rings. The van der Waals surface area contributed by atoms with E-state index in [0.29, 0.717) is 0 Å². The summed E-state index contributed by atoms with van der Waals surface area (Å²) in [5.41, 5.74) is 10.5. The van der Waals surface area contributed by atoms with Crippen LogP contribution in [0.2, 0.25) is 0 Å². The van der Waals surface area contributed by atoms with Crippen molar-refractivity contribution in [1.82, 2.24) is 4.57 Å². The summed E-state index contributed by atoms with van der Waals surface area (Å²) in [5.74, 6) is 0. The summed E-state index contributed by atoms with van der Waals surface area (Å²) in [5, 5.41) is 4.74. The van der Waals surface area contributed by atoms with Crippen LogP contribution >= 0.6 is 22.7 Å². The van der Waals surface area contributed by atoms with Crippen LogP contribution in [-0.4, -0.2) is 4.57 Å². The first kappa shape index (κ1) is 22.1. The highest BCUT2D eigenvalue weighted by Crippen LogP contribution is 2.49. The molecule has 0 amide bonds. The van der Waals surface area contributed by atoms with Gasteiger partial charge in [-0.15, -0.1) is 22.7 Å². The van der Waals surface area contributed by atoms with Gasteiger partial charge in [-0.3, -0.25) is 0 Å². The van der Waals surface area contributed by atoms with E-state index in [1.54, 1.807) is 11.3 Å². The average molecular weight is 524 g/mol. The summed E-state index contributed by atoms with van der Waals surface area (Å²) in [4.78, 5) is 3.98. The SMILES string of the molecule is CC1(C)c2ccccc2-c2ccc(-n3c4ccccc4c4cc(-c5ccc(-c6cccs6)s5)ccc43)cc21. The summed E-state index contributed by atoms with van der Waals surface area (Å²) in [6.45, 7) is 4.70. The van der Waals surface area contributed by atoms with Crippen molar-refractivity contribution in [1.29, 1.82) is 0 Å². The molecule has 0 saturated heterocycles. The van der Waals surface area contributed by atoms with Gasteiger partial charge in [0.25, 0.3) is 0 Å². The molecule has 0 saturated carbocycles. The van der Waals surface area contributed by atoms with Crippen molar-refractivity contribution in [2.75, 3.05) is 0 Å². The summed E-state index contributed by atoms with van der Waals surface area (Å²) in [7, 11) is 0. The van der Waals surface area contributed by atoms with Crippen LogP contribution < -0.4 is 0 Å². The van der Waals surface area contributed by atoms with Crippen LogP contribution in [0.1, 0.15) is 25.0 Å². The minimum atomic E-state index is -0.0205. The van der Waals surface area contributed by atoms with E-state index >= 15 is 0 Å². The lowest BCUT2D eigenvalue weighted by molar-refractivity contribution is 0.660. The molecular formula is C35H25NS2. The Balaban J connectivity index is 1.31. The normalized spacial score (nSPS) is 13.7. The van der Waals surface area contributed by atoms with Crippen LogP contribution in [0.5, 0.6) is 0 Å². The second-order valence-corrected chi connectivity index (χ2v) is 12.7. The maximum Gasteiger partial charge on any atom is 0.0541 e. The standard InChI is InChI=1S/C35H25NS2/c1-35(2)28-10-5-3-8-24(28)25-15-14-23(21-29(25)35)36-30-11-6-4-9-26(30)27-20-22(13-16-31(27)36)32-17-18-34(38-32)33-12-7-19-37-33/h3-21H,1-2H3. The molecule has 0 N–H and O–H groups in total. The van der Waals surface area contributed by atoms with E-state index in [1.165, 1.54) is 69.9 Å². The van der Waals surface area contributed by atoms with Gasteiger partial charge in [0, 0.05) is 36.5 Å². The Hall–Kier alpha value is -3.92. The number of hydrogen-bond acceptors (Lipinski definition) is 2. The third kappa shape index (κ3) is 3.09. The molecule has 0 unspecified atom stereocenters. The Morgan fingerprint density at radius 1 is 0.579 bits per heavy atom. The molecule has 0 atom stereocenters. The summed E-state index contributed by atoms with van der Waals surface area (Å²) >= 11 is 3.67. The van der Waals surface area contributed by atoms with E-state index in [2.05, 4.69) is 133 Å². The highest BCUT2D eigenvalue weighted by molar-refractivity contribution is 7.23. The maximum atomic E-state index is 2.44. The molecule has 0 bridgehead atoms. The van der Waals surface area contributed by atoms with E-state index in [0.717, 1.165) is 0 Å². The van der Waals surface area contributed by atoms with Gasteiger partial charge in [-0.25, -0.2) is 0 Å². The van der Waals surface area contributed by atoms with Crippen molar-refractivity contribution in [2.24, 2.45) is 0 Å². The molecular weight excluding hydrogens is 499 g/mol. The lowest BCUT2D eigenvalue weighted by Crippen LogP contribution is -2.15. The number of fused-ring (bicyclic) bond motifs is 6. The molecule has 3 heteroatoms. The Labute approximate surface area is 230 Å². The van der Waals surface area contributed by atoms with Gasteiger partial charge in [0.2, 0.25) is 0 Å². The fourth-order valence-electron chi connectivity index (χ4n) is 6.28. The molecule has 1 aliphatic carbocycles. The monoisotopic (exact) mass is 523 g/mol. The van der Waals surface area contributed by atoms with E-state index < -0.39 is 0 Å². The molecule has 0 spiro atoms. The summed E-state index contributed by atoms with van der Waals surface area (Å²) in [6, 6.07) is 40.5. The third-order valence-corrected chi connectivity index (χ3v) is 10.4. The number of thiophene rings is 2. The highest BCUT2D eigenvalue weighted by atomic mass is 32.1. The first-order valence-electron chi connectivity index (χ1n) is 13.0. The zero-order valence-corrected chi connectivity index (χ0v) is 22.9. The Kier molecular flexibility index (Phi) is 4.67. The minimum Gasteiger partial charge on any atom is -0.309 e. The van der Waals surface area contributed by atoms with Crippen LogP contribution in [0.25, 0.3) is 58.8 Å². The van der Waals surface area contributed by atoms with Gasteiger partial charge >= 0.3 is 0 Å². The Bertz CT molecular complexity index is 2000. The molecule has 0 fully saturated rings. The third-order valence-electron chi connectivity index (χ3n) is 8.15. The number of aromatic nitrogens is 1. The first-order valence-corrected chi connectivity index (χ1v) is 14.7. The van der Waals surface area contributed by atoms with E-state index in [4.69, 9.17) is 0 Å². The number of rotatable bonds is 3. The predicted octanol–water partition coefficient (Wildman–Crippen LogP) is 10.5. The average Bonchev–Trinajstić information content (AvgIpc) is 3.74. The number of para-hydroxylation sites is 1. The van der Waals surface area contributed by atoms with Crippen LogP contribution in [0, 0.1) is 0 Å². The van der Waals surface area contributed by atoms with Gasteiger partial charge in [-0.05, 0) is 81.7 Å². The number of hydrogen-bond donors (Lipinski definition) is 0. The van der Waals surface area contributed by atoms with Gasteiger partial charge in [-0.1, -0.05) is 74.5 Å². The molecule has 0 radical (unpaired) electrons. The Morgan fingerprint density at radius 2 is 1.37 bits per heavy atom. The maximum absolute atomic E-state index is 2.44. The van der Waals surface area contributed by atoms with Crippen LogP contribution in [-0.2, 0) is 5.41 Å². The van der Waals surface area contributed by atoms with Crippen molar-refractivity contribution in [2.45, 2.75) is 19.3 Å². The van der Waals surface area contributed by atoms with Crippen LogP contribution in [0.4, 0.5) is 0 Å². The largest absolute Gasteiger partial charge is 0.309 e. The van der Waals surface area contributed by atoms with Crippen molar-refractivity contribution in [3.63, 3.8) is 0 Å². The fourth-order valence-corrected chi connectivity index (χ4v) is 8.12. The molecule has 3 aromatic heterocycles. The Morgan fingerprint density at radius 3 is 2.26 bits per heavy atom. The highest BCUT2D eigenvalue weighted by Gasteiger charge is 2.35. The van der Waals surface area contributed by atoms with E-state index in [-0.39, 0.29) is 5.41 Å². The lowest BCUT2D eigenvalue weighted by atomic mass is 9.82. The summed E-state index contributed by atoms with van der Waals surface area (Å²) < 4.78 is 2.44. The smallest absolute Gasteiger partial charge is 0.0541 e. The van der Waals surface area contributed by atoms with E-state index in [9.17, 15) is 0 Å². The van der Waals surface area contributed by atoms with Crippen molar-refractivity contribution >= 4 is 44.5 Å². The molecule has 0 aliphatic heterocycles. The van der Waals surface area contributed by atoms with Gasteiger partial charge in [0.05, 0.1) is 11.0 Å². The van der Waals surface area contributed by atoms with Gasteiger partial charge in [0.1, 0.15) is 0 Å². The minimum absolute atomic E-state index is 0.0205. The topological polar surface area (TPSA) is 4.93 Å². The van der Waals surface area contributed by atoms with Crippen LogP contribution in [0.3, 0.4) is 0 Å². The molecule has 182 valence electrons.